The van der Waals surface area contributed by atoms with Crippen LogP contribution in [0.4, 0.5) is 5.82 Å². The molecule has 1 fully saturated rings. The number of anilines is 1. The van der Waals surface area contributed by atoms with Crippen LogP contribution in [0.15, 0.2) is 12.3 Å². The minimum Gasteiger partial charge on any atom is -0.377 e. The molecule has 5 heteroatoms. The van der Waals surface area contributed by atoms with E-state index in [9.17, 15) is 0 Å². The first-order valence-electron chi connectivity index (χ1n) is 5.71. The molecule has 0 spiro atoms. The second-order valence-corrected chi connectivity index (χ2v) is 3.91. The molecule has 1 unspecified atom stereocenters. The van der Waals surface area contributed by atoms with Gasteiger partial charge in [-0.15, -0.1) is 5.10 Å². The third kappa shape index (κ3) is 2.15. The zero-order valence-corrected chi connectivity index (χ0v) is 9.59. The number of morpholine rings is 1. The molecule has 16 heavy (non-hydrogen) atoms. The molecule has 0 aliphatic carbocycles. The third-order valence-corrected chi connectivity index (χ3v) is 2.97. The van der Waals surface area contributed by atoms with E-state index in [0.717, 1.165) is 37.6 Å². The predicted molar refractivity (Wildman–Crippen MR) is 62.2 cm³/mol. The van der Waals surface area contributed by atoms with Gasteiger partial charge >= 0.3 is 0 Å². The first-order chi connectivity index (χ1) is 7.86. The quantitative estimate of drug-likeness (QED) is 0.809. The third-order valence-electron chi connectivity index (χ3n) is 2.97. The maximum atomic E-state index is 5.72. The van der Waals surface area contributed by atoms with Crippen molar-refractivity contribution >= 4 is 5.82 Å². The minimum atomic E-state index is 0.385. The lowest BCUT2D eigenvalue weighted by Gasteiger charge is -2.36. The van der Waals surface area contributed by atoms with Crippen LogP contribution in [-0.4, -0.2) is 36.0 Å². The zero-order valence-electron chi connectivity index (χ0n) is 9.59. The Balaban J connectivity index is 2.26. The van der Waals surface area contributed by atoms with E-state index in [1.807, 2.05) is 6.07 Å². The first-order valence-corrected chi connectivity index (χ1v) is 5.71. The SMILES string of the molecule is CCC1COCCN1c1nnccc1CN. The van der Waals surface area contributed by atoms with Crippen molar-refractivity contribution in [3.05, 3.63) is 17.8 Å². The number of rotatable bonds is 3. The second-order valence-electron chi connectivity index (χ2n) is 3.91. The van der Waals surface area contributed by atoms with Crippen molar-refractivity contribution in [3.63, 3.8) is 0 Å². The van der Waals surface area contributed by atoms with Gasteiger partial charge in [-0.25, -0.2) is 0 Å². The van der Waals surface area contributed by atoms with Crippen LogP contribution in [0.5, 0.6) is 0 Å². The Labute approximate surface area is 95.6 Å². The van der Waals surface area contributed by atoms with Gasteiger partial charge in [-0.1, -0.05) is 6.92 Å². The molecular formula is C11H18N4O. The zero-order chi connectivity index (χ0) is 11.4. The van der Waals surface area contributed by atoms with Crippen molar-refractivity contribution in [3.8, 4) is 0 Å². The Kier molecular flexibility index (Phi) is 3.69. The molecule has 0 bridgehead atoms. The van der Waals surface area contributed by atoms with E-state index in [1.54, 1.807) is 6.20 Å². The van der Waals surface area contributed by atoms with E-state index in [-0.39, 0.29) is 0 Å². The van der Waals surface area contributed by atoms with Crippen molar-refractivity contribution in [2.75, 3.05) is 24.7 Å². The molecule has 1 saturated heterocycles. The summed E-state index contributed by atoms with van der Waals surface area (Å²) in [7, 11) is 0. The molecule has 1 aliphatic rings. The van der Waals surface area contributed by atoms with Crippen LogP contribution in [0.3, 0.4) is 0 Å². The average Bonchev–Trinajstić information content (AvgIpc) is 2.38. The van der Waals surface area contributed by atoms with E-state index < -0.39 is 0 Å². The van der Waals surface area contributed by atoms with Gasteiger partial charge in [0.2, 0.25) is 0 Å². The number of ether oxygens (including phenoxy) is 1. The van der Waals surface area contributed by atoms with Gasteiger partial charge in [0.15, 0.2) is 5.82 Å². The molecule has 1 aromatic rings. The summed E-state index contributed by atoms with van der Waals surface area (Å²) < 4.78 is 5.48. The van der Waals surface area contributed by atoms with E-state index in [4.69, 9.17) is 10.5 Å². The van der Waals surface area contributed by atoms with Crippen molar-refractivity contribution in [2.24, 2.45) is 5.73 Å². The predicted octanol–water partition coefficient (Wildman–Crippen LogP) is 0.551. The fourth-order valence-corrected chi connectivity index (χ4v) is 2.02. The van der Waals surface area contributed by atoms with Crippen LogP contribution < -0.4 is 10.6 Å². The fraction of sp³-hybridized carbons (Fsp3) is 0.636. The molecule has 0 amide bonds. The van der Waals surface area contributed by atoms with Crippen molar-refractivity contribution in [1.29, 1.82) is 0 Å². The summed E-state index contributed by atoms with van der Waals surface area (Å²) in [4.78, 5) is 2.26. The number of nitrogens with zero attached hydrogens (tertiary/aromatic N) is 3. The minimum absolute atomic E-state index is 0.385. The Hall–Kier alpha value is -1.20. The van der Waals surface area contributed by atoms with Crippen LogP contribution in [0, 0.1) is 0 Å². The van der Waals surface area contributed by atoms with Gasteiger partial charge in [-0.2, -0.15) is 5.10 Å². The van der Waals surface area contributed by atoms with Gasteiger partial charge in [0.05, 0.1) is 25.5 Å². The highest BCUT2D eigenvalue weighted by atomic mass is 16.5. The smallest absolute Gasteiger partial charge is 0.156 e. The molecule has 5 nitrogen and oxygen atoms in total. The van der Waals surface area contributed by atoms with E-state index in [1.165, 1.54) is 0 Å². The number of nitrogens with two attached hydrogens (primary N) is 1. The number of aromatic nitrogens is 2. The lowest BCUT2D eigenvalue weighted by Crippen LogP contribution is -2.46. The highest BCUT2D eigenvalue weighted by molar-refractivity contribution is 5.46. The second kappa shape index (κ2) is 5.23. The summed E-state index contributed by atoms with van der Waals surface area (Å²) in [5.41, 5.74) is 6.77. The average molecular weight is 222 g/mol. The lowest BCUT2D eigenvalue weighted by molar-refractivity contribution is 0.0924. The van der Waals surface area contributed by atoms with Crippen molar-refractivity contribution in [2.45, 2.75) is 25.9 Å². The normalized spacial score (nSPS) is 21.1. The van der Waals surface area contributed by atoms with Gasteiger partial charge in [0.25, 0.3) is 0 Å². The molecule has 1 atom stereocenters. The molecular weight excluding hydrogens is 204 g/mol. The van der Waals surface area contributed by atoms with Gasteiger partial charge in [0.1, 0.15) is 0 Å². The van der Waals surface area contributed by atoms with Gasteiger partial charge in [0, 0.05) is 18.7 Å². The summed E-state index contributed by atoms with van der Waals surface area (Å²) in [6.07, 6.45) is 2.73. The Bertz CT molecular complexity index is 345. The molecule has 2 N–H and O–H groups in total. The maximum Gasteiger partial charge on any atom is 0.156 e. The number of hydrogen-bond donors (Lipinski definition) is 1. The summed E-state index contributed by atoms with van der Waals surface area (Å²) >= 11 is 0. The summed E-state index contributed by atoms with van der Waals surface area (Å²) in [6, 6.07) is 2.32. The van der Waals surface area contributed by atoms with Gasteiger partial charge < -0.3 is 15.4 Å². The van der Waals surface area contributed by atoms with Crippen LogP contribution in [0.1, 0.15) is 18.9 Å². The van der Waals surface area contributed by atoms with Crippen LogP contribution >= 0.6 is 0 Å². The van der Waals surface area contributed by atoms with Crippen LogP contribution in [0.25, 0.3) is 0 Å². The van der Waals surface area contributed by atoms with Crippen LogP contribution in [-0.2, 0) is 11.3 Å². The van der Waals surface area contributed by atoms with Crippen molar-refractivity contribution in [1.82, 2.24) is 10.2 Å². The maximum absolute atomic E-state index is 5.72. The highest BCUT2D eigenvalue weighted by Gasteiger charge is 2.24. The molecule has 0 radical (unpaired) electrons. The summed E-state index contributed by atoms with van der Waals surface area (Å²) in [5, 5.41) is 8.16. The molecule has 0 saturated carbocycles. The van der Waals surface area contributed by atoms with E-state index in [2.05, 4.69) is 22.0 Å². The molecule has 1 aliphatic heterocycles. The molecule has 2 heterocycles. The number of hydrogen-bond acceptors (Lipinski definition) is 5. The lowest BCUT2D eigenvalue weighted by atomic mass is 10.1. The summed E-state index contributed by atoms with van der Waals surface area (Å²) in [5.74, 6) is 0.917. The van der Waals surface area contributed by atoms with Crippen LogP contribution in [0.2, 0.25) is 0 Å². The van der Waals surface area contributed by atoms with Crippen molar-refractivity contribution < 1.29 is 4.74 Å². The fourth-order valence-electron chi connectivity index (χ4n) is 2.02. The Morgan fingerprint density at radius 2 is 2.50 bits per heavy atom. The highest BCUT2D eigenvalue weighted by Crippen LogP contribution is 2.21. The van der Waals surface area contributed by atoms with E-state index in [0.29, 0.717) is 12.6 Å². The molecule has 88 valence electrons. The van der Waals surface area contributed by atoms with E-state index >= 15 is 0 Å². The monoisotopic (exact) mass is 222 g/mol. The molecule has 0 aromatic carbocycles. The summed E-state index contributed by atoms with van der Waals surface area (Å²) in [6.45, 7) is 5.03. The standard InChI is InChI=1S/C11H18N4O/c1-2-10-8-16-6-5-15(10)11-9(7-12)3-4-13-14-11/h3-4,10H,2,5-8,12H2,1H3. The van der Waals surface area contributed by atoms with Gasteiger partial charge in [-0.05, 0) is 12.5 Å². The largest absolute Gasteiger partial charge is 0.377 e. The van der Waals surface area contributed by atoms with Gasteiger partial charge in [-0.3, -0.25) is 0 Å². The molecule has 2 rings (SSSR count). The topological polar surface area (TPSA) is 64.3 Å². The Morgan fingerprint density at radius 1 is 1.62 bits per heavy atom. The Morgan fingerprint density at radius 3 is 3.25 bits per heavy atom. The first kappa shape index (κ1) is 11.3. The molecule has 1 aromatic heterocycles.